The molecular weight excluding hydrogens is 182 g/mol. The zero-order chi connectivity index (χ0) is 10.4. The highest BCUT2D eigenvalue weighted by atomic mass is 32.2. The summed E-state index contributed by atoms with van der Waals surface area (Å²) in [6.45, 7) is 11.6. The Labute approximate surface area is 85.2 Å². The van der Waals surface area contributed by atoms with E-state index in [4.69, 9.17) is 0 Å². The van der Waals surface area contributed by atoms with Gasteiger partial charge in [-0.25, -0.2) is 0 Å². The Morgan fingerprint density at radius 2 is 2.00 bits per heavy atom. The minimum absolute atomic E-state index is 0.0446. The molecular formula is C10H19NOS. The number of hydrogen-bond donors (Lipinski definition) is 1. The van der Waals surface area contributed by atoms with E-state index in [-0.39, 0.29) is 11.9 Å². The summed E-state index contributed by atoms with van der Waals surface area (Å²) in [6.07, 6.45) is 0. The third-order valence-corrected chi connectivity index (χ3v) is 2.80. The molecule has 0 rings (SSSR count). The quantitative estimate of drug-likeness (QED) is 0.691. The molecule has 76 valence electrons. The van der Waals surface area contributed by atoms with Crippen LogP contribution >= 0.6 is 11.8 Å². The summed E-state index contributed by atoms with van der Waals surface area (Å²) in [5.74, 6) is 0.910. The van der Waals surface area contributed by atoms with E-state index in [0.29, 0.717) is 10.8 Å². The summed E-state index contributed by atoms with van der Waals surface area (Å²) in [5, 5.41) is 3.49. The molecule has 0 aromatic rings. The van der Waals surface area contributed by atoms with Crippen molar-refractivity contribution in [1.29, 1.82) is 0 Å². The van der Waals surface area contributed by atoms with Crippen LogP contribution in [0.5, 0.6) is 0 Å². The average Bonchev–Trinajstić information content (AvgIpc) is 2.00. The Morgan fingerprint density at radius 1 is 1.46 bits per heavy atom. The molecule has 1 atom stereocenters. The van der Waals surface area contributed by atoms with Crippen LogP contribution in [0.2, 0.25) is 0 Å². The van der Waals surface area contributed by atoms with E-state index >= 15 is 0 Å². The molecule has 0 aliphatic rings. The van der Waals surface area contributed by atoms with Crippen LogP contribution in [-0.4, -0.2) is 23.0 Å². The van der Waals surface area contributed by atoms with Crippen molar-refractivity contribution in [3.63, 3.8) is 0 Å². The number of nitrogens with one attached hydrogen (secondary N) is 1. The second-order valence-corrected chi connectivity index (χ2v) is 5.15. The van der Waals surface area contributed by atoms with Crippen molar-refractivity contribution in [1.82, 2.24) is 5.32 Å². The SMILES string of the molecule is C=C(C)C(=O)NC(C)CSC(C)C. The van der Waals surface area contributed by atoms with Crippen molar-refractivity contribution in [2.45, 2.75) is 39.0 Å². The number of carbonyl (C=O) groups is 1. The third-order valence-electron chi connectivity index (χ3n) is 1.44. The van der Waals surface area contributed by atoms with Crippen LogP contribution in [0.15, 0.2) is 12.2 Å². The first kappa shape index (κ1) is 12.6. The molecule has 0 saturated carbocycles. The van der Waals surface area contributed by atoms with Gasteiger partial charge in [-0.2, -0.15) is 11.8 Å². The fourth-order valence-corrected chi connectivity index (χ4v) is 1.48. The number of amides is 1. The summed E-state index contributed by atoms with van der Waals surface area (Å²) in [5.41, 5.74) is 0.571. The van der Waals surface area contributed by atoms with E-state index in [1.807, 2.05) is 18.7 Å². The van der Waals surface area contributed by atoms with Crippen molar-refractivity contribution in [3.05, 3.63) is 12.2 Å². The topological polar surface area (TPSA) is 29.1 Å². The zero-order valence-corrected chi connectivity index (χ0v) is 9.70. The van der Waals surface area contributed by atoms with Gasteiger partial charge in [0.1, 0.15) is 0 Å². The molecule has 0 aromatic carbocycles. The average molecular weight is 201 g/mol. The monoisotopic (exact) mass is 201 g/mol. The van der Waals surface area contributed by atoms with Crippen molar-refractivity contribution in [2.24, 2.45) is 0 Å². The molecule has 2 nitrogen and oxygen atoms in total. The molecule has 0 radical (unpaired) electrons. The fraction of sp³-hybridized carbons (Fsp3) is 0.700. The molecule has 1 N–H and O–H groups in total. The van der Waals surface area contributed by atoms with Crippen molar-refractivity contribution in [3.8, 4) is 0 Å². The van der Waals surface area contributed by atoms with E-state index in [9.17, 15) is 4.79 Å². The lowest BCUT2D eigenvalue weighted by atomic mass is 10.3. The minimum Gasteiger partial charge on any atom is -0.349 e. The van der Waals surface area contributed by atoms with Crippen LogP contribution in [0.4, 0.5) is 0 Å². The lowest BCUT2D eigenvalue weighted by Crippen LogP contribution is -2.34. The van der Waals surface area contributed by atoms with Gasteiger partial charge in [0.05, 0.1) is 0 Å². The molecule has 0 bridgehead atoms. The summed E-state index contributed by atoms with van der Waals surface area (Å²) in [7, 11) is 0. The van der Waals surface area contributed by atoms with Gasteiger partial charge >= 0.3 is 0 Å². The highest BCUT2D eigenvalue weighted by molar-refractivity contribution is 7.99. The number of hydrogen-bond acceptors (Lipinski definition) is 2. The molecule has 0 saturated heterocycles. The molecule has 0 spiro atoms. The van der Waals surface area contributed by atoms with Gasteiger partial charge in [0.2, 0.25) is 5.91 Å². The highest BCUT2D eigenvalue weighted by Gasteiger charge is 2.07. The smallest absolute Gasteiger partial charge is 0.246 e. The van der Waals surface area contributed by atoms with Gasteiger partial charge in [-0.15, -0.1) is 0 Å². The van der Waals surface area contributed by atoms with Crippen molar-refractivity contribution < 1.29 is 4.79 Å². The first-order chi connectivity index (χ1) is 5.93. The van der Waals surface area contributed by atoms with Crippen LogP contribution in [0.3, 0.4) is 0 Å². The molecule has 1 amide bonds. The van der Waals surface area contributed by atoms with Gasteiger partial charge in [0, 0.05) is 17.4 Å². The molecule has 13 heavy (non-hydrogen) atoms. The fourth-order valence-electron chi connectivity index (χ4n) is 0.725. The van der Waals surface area contributed by atoms with E-state index in [0.717, 1.165) is 5.75 Å². The molecule has 1 unspecified atom stereocenters. The Balaban J connectivity index is 3.68. The minimum atomic E-state index is -0.0446. The molecule has 0 aliphatic heterocycles. The summed E-state index contributed by atoms with van der Waals surface area (Å²) in [6, 6.07) is 0.219. The maximum Gasteiger partial charge on any atom is 0.246 e. The van der Waals surface area contributed by atoms with Crippen LogP contribution in [-0.2, 0) is 4.79 Å². The first-order valence-corrected chi connectivity index (χ1v) is 5.56. The lowest BCUT2D eigenvalue weighted by Gasteiger charge is -2.14. The maximum atomic E-state index is 11.2. The lowest BCUT2D eigenvalue weighted by molar-refractivity contribution is -0.117. The largest absolute Gasteiger partial charge is 0.349 e. The standard InChI is InChI=1S/C10H19NOS/c1-7(2)10(12)11-9(5)6-13-8(3)4/h8-9H,1,6H2,2-5H3,(H,11,12). The van der Waals surface area contributed by atoms with Crippen LogP contribution < -0.4 is 5.32 Å². The van der Waals surface area contributed by atoms with E-state index < -0.39 is 0 Å². The van der Waals surface area contributed by atoms with E-state index in [1.165, 1.54) is 0 Å². The Hall–Kier alpha value is -0.440. The van der Waals surface area contributed by atoms with Crippen LogP contribution in [0.25, 0.3) is 0 Å². The second kappa shape index (κ2) is 6.08. The number of carbonyl (C=O) groups excluding carboxylic acids is 1. The molecule has 0 aliphatic carbocycles. The second-order valence-electron chi connectivity index (χ2n) is 3.54. The van der Waals surface area contributed by atoms with Gasteiger partial charge in [0.15, 0.2) is 0 Å². The predicted octanol–water partition coefficient (Wildman–Crippen LogP) is 2.21. The van der Waals surface area contributed by atoms with Gasteiger partial charge in [0.25, 0.3) is 0 Å². The Kier molecular flexibility index (Phi) is 5.88. The number of thioether (sulfide) groups is 1. The van der Waals surface area contributed by atoms with E-state index in [1.54, 1.807) is 6.92 Å². The molecule has 0 aromatic heterocycles. The van der Waals surface area contributed by atoms with Crippen molar-refractivity contribution in [2.75, 3.05) is 5.75 Å². The van der Waals surface area contributed by atoms with Gasteiger partial charge < -0.3 is 5.32 Å². The van der Waals surface area contributed by atoms with Gasteiger partial charge in [-0.3, -0.25) is 4.79 Å². The summed E-state index contributed by atoms with van der Waals surface area (Å²) >= 11 is 1.85. The molecule has 3 heteroatoms. The zero-order valence-electron chi connectivity index (χ0n) is 8.89. The summed E-state index contributed by atoms with van der Waals surface area (Å²) < 4.78 is 0. The van der Waals surface area contributed by atoms with Crippen LogP contribution in [0.1, 0.15) is 27.7 Å². The predicted molar refractivity (Wildman–Crippen MR) is 60.0 cm³/mol. The normalized spacial score (nSPS) is 12.7. The first-order valence-electron chi connectivity index (χ1n) is 4.51. The number of rotatable bonds is 5. The third kappa shape index (κ3) is 6.70. The molecule has 0 fully saturated rings. The maximum absolute atomic E-state index is 11.2. The molecule has 0 heterocycles. The van der Waals surface area contributed by atoms with Gasteiger partial charge in [-0.05, 0) is 19.1 Å². The Morgan fingerprint density at radius 3 is 2.38 bits per heavy atom. The van der Waals surface area contributed by atoms with Gasteiger partial charge in [-0.1, -0.05) is 20.4 Å². The van der Waals surface area contributed by atoms with E-state index in [2.05, 4.69) is 25.7 Å². The van der Waals surface area contributed by atoms with Crippen LogP contribution in [0, 0.1) is 0 Å². The highest BCUT2D eigenvalue weighted by Crippen LogP contribution is 2.10. The summed E-state index contributed by atoms with van der Waals surface area (Å²) in [4.78, 5) is 11.2. The van der Waals surface area contributed by atoms with Crippen molar-refractivity contribution >= 4 is 17.7 Å². The Bertz CT molecular complexity index is 189.